The van der Waals surface area contributed by atoms with Crippen LogP contribution in [0.3, 0.4) is 0 Å². The highest BCUT2D eigenvalue weighted by atomic mass is 15.1. The van der Waals surface area contributed by atoms with E-state index in [2.05, 4.69) is 46.6 Å². The maximum absolute atomic E-state index is 5.35. The second kappa shape index (κ2) is 3.46. The number of hydrogen-bond acceptors (Lipinski definition) is 2. The van der Waals surface area contributed by atoms with Gasteiger partial charge in [-0.1, -0.05) is 41.5 Å². The van der Waals surface area contributed by atoms with Crippen molar-refractivity contribution in [2.24, 2.45) is 21.8 Å². The molecule has 0 fully saturated rings. The van der Waals surface area contributed by atoms with E-state index in [-0.39, 0.29) is 10.8 Å². The Labute approximate surface area is 76.2 Å². The highest BCUT2D eigenvalue weighted by molar-refractivity contribution is 5.89. The Morgan fingerprint density at radius 2 is 1.50 bits per heavy atom. The lowest BCUT2D eigenvalue weighted by Crippen LogP contribution is -2.26. The van der Waals surface area contributed by atoms with Gasteiger partial charge in [-0.15, -0.1) is 0 Å². The Morgan fingerprint density at radius 3 is 1.58 bits per heavy atom. The lowest BCUT2D eigenvalue weighted by Gasteiger charge is -2.27. The molecule has 0 aromatic carbocycles. The highest BCUT2D eigenvalue weighted by Gasteiger charge is 2.24. The third-order valence-corrected chi connectivity index (χ3v) is 1.72. The van der Waals surface area contributed by atoms with Crippen LogP contribution < -0.4 is 5.84 Å². The summed E-state index contributed by atoms with van der Waals surface area (Å²) in [6.07, 6.45) is 0.965. The fourth-order valence-electron chi connectivity index (χ4n) is 1.01. The predicted molar refractivity (Wildman–Crippen MR) is 55.1 cm³/mol. The SMILES string of the molecule is CC(C)(C)C/C(=N\N)C(C)(C)C. The van der Waals surface area contributed by atoms with Crippen molar-refractivity contribution < 1.29 is 0 Å². The molecule has 0 aromatic rings. The molecule has 0 spiro atoms. The van der Waals surface area contributed by atoms with Crippen LogP contribution in [0, 0.1) is 10.8 Å². The van der Waals surface area contributed by atoms with E-state index in [1.807, 2.05) is 0 Å². The molecule has 2 nitrogen and oxygen atoms in total. The molecular formula is C10H22N2. The summed E-state index contributed by atoms with van der Waals surface area (Å²) < 4.78 is 0. The molecule has 0 aliphatic heterocycles. The molecule has 2 N–H and O–H groups in total. The first-order valence-electron chi connectivity index (χ1n) is 4.44. The maximum atomic E-state index is 5.35. The fraction of sp³-hybridized carbons (Fsp3) is 0.900. The van der Waals surface area contributed by atoms with Crippen molar-refractivity contribution in [1.82, 2.24) is 0 Å². The summed E-state index contributed by atoms with van der Waals surface area (Å²) in [7, 11) is 0. The Balaban J connectivity index is 4.43. The zero-order valence-electron chi connectivity index (χ0n) is 9.23. The number of rotatable bonds is 1. The lowest BCUT2D eigenvalue weighted by molar-refractivity contribution is 0.412. The van der Waals surface area contributed by atoms with Gasteiger partial charge >= 0.3 is 0 Å². The van der Waals surface area contributed by atoms with E-state index in [0.29, 0.717) is 0 Å². The first-order chi connectivity index (χ1) is 5.17. The number of nitrogens with two attached hydrogens (primary N) is 1. The van der Waals surface area contributed by atoms with E-state index in [1.165, 1.54) is 0 Å². The Kier molecular flexibility index (Phi) is 3.31. The minimum Gasteiger partial charge on any atom is -0.323 e. The molecule has 0 aromatic heterocycles. The zero-order valence-corrected chi connectivity index (χ0v) is 9.23. The predicted octanol–water partition coefficient (Wildman–Crippen LogP) is 2.78. The van der Waals surface area contributed by atoms with Crippen molar-refractivity contribution in [3.8, 4) is 0 Å². The Bertz CT molecular complexity index is 167. The van der Waals surface area contributed by atoms with Gasteiger partial charge in [0, 0.05) is 11.1 Å². The van der Waals surface area contributed by atoms with E-state index in [0.717, 1.165) is 12.1 Å². The number of nitrogens with zero attached hydrogens (tertiary/aromatic N) is 1. The van der Waals surface area contributed by atoms with Crippen LogP contribution >= 0.6 is 0 Å². The van der Waals surface area contributed by atoms with Crippen LogP contribution in [-0.4, -0.2) is 5.71 Å². The molecule has 72 valence electrons. The molecule has 2 heteroatoms. The molecular weight excluding hydrogens is 148 g/mol. The molecule has 0 saturated heterocycles. The van der Waals surface area contributed by atoms with Crippen LogP contribution in [0.15, 0.2) is 5.10 Å². The van der Waals surface area contributed by atoms with Gasteiger partial charge < -0.3 is 5.84 Å². The van der Waals surface area contributed by atoms with E-state index >= 15 is 0 Å². The second-order valence-electron chi connectivity index (χ2n) is 5.56. The number of hydrogen-bond donors (Lipinski definition) is 1. The largest absolute Gasteiger partial charge is 0.323 e. The molecule has 0 rings (SSSR count). The van der Waals surface area contributed by atoms with Crippen molar-refractivity contribution in [3.63, 3.8) is 0 Å². The van der Waals surface area contributed by atoms with Gasteiger partial charge in [-0.2, -0.15) is 5.10 Å². The first-order valence-corrected chi connectivity index (χ1v) is 4.44. The Morgan fingerprint density at radius 1 is 1.08 bits per heavy atom. The van der Waals surface area contributed by atoms with E-state index in [4.69, 9.17) is 5.84 Å². The van der Waals surface area contributed by atoms with Crippen LogP contribution in [0.25, 0.3) is 0 Å². The van der Waals surface area contributed by atoms with Gasteiger partial charge in [-0.25, -0.2) is 0 Å². The van der Waals surface area contributed by atoms with Crippen LogP contribution in [0.4, 0.5) is 0 Å². The van der Waals surface area contributed by atoms with Gasteiger partial charge in [0.2, 0.25) is 0 Å². The van der Waals surface area contributed by atoms with Crippen molar-refractivity contribution >= 4 is 5.71 Å². The summed E-state index contributed by atoms with van der Waals surface area (Å²) in [5, 5.41) is 3.86. The van der Waals surface area contributed by atoms with Gasteiger partial charge in [0.1, 0.15) is 0 Å². The molecule has 0 heterocycles. The highest BCUT2D eigenvalue weighted by Crippen LogP contribution is 2.27. The molecule has 0 bridgehead atoms. The van der Waals surface area contributed by atoms with Crippen LogP contribution in [0.2, 0.25) is 0 Å². The normalized spacial score (nSPS) is 15.0. The third kappa shape index (κ3) is 4.37. The smallest absolute Gasteiger partial charge is 0.0434 e. The summed E-state index contributed by atoms with van der Waals surface area (Å²) in [5.74, 6) is 5.35. The molecule has 0 radical (unpaired) electrons. The summed E-state index contributed by atoms with van der Waals surface area (Å²) in [6.45, 7) is 13.0. The van der Waals surface area contributed by atoms with Crippen LogP contribution in [0.5, 0.6) is 0 Å². The Hall–Kier alpha value is -0.530. The molecule has 0 aliphatic rings. The van der Waals surface area contributed by atoms with Crippen molar-refractivity contribution in [2.75, 3.05) is 0 Å². The average molecular weight is 170 g/mol. The molecule has 12 heavy (non-hydrogen) atoms. The van der Waals surface area contributed by atoms with Gasteiger partial charge in [-0.3, -0.25) is 0 Å². The van der Waals surface area contributed by atoms with Crippen molar-refractivity contribution in [2.45, 2.75) is 48.0 Å². The minimum absolute atomic E-state index is 0.0992. The monoisotopic (exact) mass is 170 g/mol. The van der Waals surface area contributed by atoms with Gasteiger partial charge in [0.15, 0.2) is 0 Å². The summed E-state index contributed by atoms with van der Waals surface area (Å²) >= 11 is 0. The minimum atomic E-state index is 0.0992. The molecule has 0 amide bonds. The van der Waals surface area contributed by atoms with E-state index in [9.17, 15) is 0 Å². The first kappa shape index (κ1) is 11.5. The lowest BCUT2D eigenvalue weighted by atomic mass is 9.79. The summed E-state index contributed by atoms with van der Waals surface area (Å²) in [4.78, 5) is 0. The van der Waals surface area contributed by atoms with Crippen molar-refractivity contribution in [1.29, 1.82) is 0 Å². The van der Waals surface area contributed by atoms with Gasteiger partial charge in [-0.05, 0) is 11.8 Å². The number of hydrazone groups is 1. The summed E-state index contributed by atoms with van der Waals surface area (Å²) in [6, 6.07) is 0. The zero-order chi connectivity index (χ0) is 9.99. The fourth-order valence-corrected chi connectivity index (χ4v) is 1.01. The van der Waals surface area contributed by atoms with Crippen LogP contribution in [-0.2, 0) is 0 Å². The topological polar surface area (TPSA) is 38.4 Å². The van der Waals surface area contributed by atoms with E-state index < -0.39 is 0 Å². The van der Waals surface area contributed by atoms with Gasteiger partial charge in [0.25, 0.3) is 0 Å². The average Bonchev–Trinajstić information content (AvgIpc) is 1.78. The summed E-state index contributed by atoms with van der Waals surface area (Å²) in [5.41, 5.74) is 1.46. The maximum Gasteiger partial charge on any atom is 0.0434 e. The standard InChI is InChI=1S/C10H22N2/c1-9(2,3)7-8(12-11)10(4,5)6/h7,11H2,1-6H3/b12-8+. The van der Waals surface area contributed by atoms with Gasteiger partial charge in [0.05, 0.1) is 0 Å². The second-order valence-corrected chi connectivity index (χ2v) is 5.56. The molecule has 0 atom stereocenters. The molecule has 0 unspecified atom stereocenters. The van der Waals surface area contributed by atoms with Crippen LogP contribution in [0.1, 0.15) is 48.0 Å². The molecule has 0 aliphatic carbocycles. The quantitative estimate of drug-likeness (QED) is 0.367. The van der Waals surface area contributed by atoms with Crippen molar-refractivity contribution in [3.05, 3.63) is 0 Å². The van der Waals surface area contributed by atoms with E-state index in [1.54, 1.807) is 0 Å². The molecule has 0 saturated carbocycles. The third-order valence-electron chi connectivity index (χ3n) is 1.72.